The molecule has 8 heteroatoms. The Hall–Kier alpha value is -2.29. The van der Waals surface area contributed by atoms with E-state index >= 15 is 0 Å². The van der Waals surface area contributed by atoms with E-state index in [-0.39, 0.29) is 5.56 Å². The van der Waals surface area contributed by atoms with E-state index in [1.807, 2.05) is 36.4 Å². The smallest absolute Gasteiger partial charge is 0.282 e. The van der Waals surface area contributed by atoms with Crippen molar-refractivity contribution < 1.29 is 4.74 Å². The van der Waals surface area contributed by atoms with Crippen LogP contribution in [0.1, 0.15) is 22.5 Å². The first-order valence-corrected chi connectivity index (χ1v) is 12.1. The molecule has 0 bridgehead atoms. The number of ether oxygens (including phenoxy) is 1. The third kappa shape index (κ3) is 5.03. The van der Waals surface area contributed by atoms with Crippen LogP contribution in [0.2, 0.25) is 0 Å². The fourth-order valence-electron chi connectivity index (χ4n) is 3.27. The van der Waals surface area contributed by atoms with Crippen LogP contribution in [0.3, 0.4) is 0 Å². The van der Waals surface area contributed by atoms with Crippen LogP contribution in [0, 0.1) is 13.8 Å². The van der Waals surface area contributed by atoms with E-state index in [0.717, 1.165) is 24.5 Å². The molecule has 1 aromatic heterocycles. The van der Waals surface area contributed by atoms with Crippen molar-refractivity contribution in [1.82, 2.24) is 9.66 Å². The summed E-state index contributed by atoms with van der Waals surface area (Å²) >= 11 is 10.6. The Morgan fingerprint density at radius 1 is 1.03 bits per heavy atom. The second-order valence-corrected chi connectivity index (χ2v) is 9.90. The highest BCUT2D eigenvalue weighted by molar-refractivity contribution is 9.11. The standard InChI is InChI=1S/C24H18Br3N3O2/c1-14-4-3-5-16(8-14)13-32-23-20(26)9-17(10-21(23)27)12-28-30-15(2)29-22-7-6-18(25)11-19(22)24(30)31/h3-12H,13H2,1-2H3. The van der Waals surface area contributed by atoms with E-state index in [9.17, 15) is 4.79 Å². The number of benzene rings is 3. The van der Waals surface area contributed by atoms with Crippen LogP contribution in [0.4, 0.5) is 0 Å². The highest BCUT2D eigenvalue weighted by Gasteiger charge is 2.11. The van der Waals surface area contributed by atoms with Gasteiger partial charge in [0.2, 0.25) is 0 Å². The van der Waals surface area contributed by atoms with E-state index in [1.54, 1.807) is 19.2 Å². The summed E-state index contributed by atoms with van der Waals surface area (Å²) in [5.41, 5.74) is 3.51. The van der Waals surface area contributed by atoms with Gasteiger partial charge < -0.3 is 4.74 Å². The van der Waals surface area contributed by atoms with Gasteiger partial charge in [0.15, 0.2) is 0 Å². The molecule has 4 aromatic rings. The highest BCUT2D eigenvalue weighted by Crippen LogP contribution is 2.35. The van der Waals surface area contributed by atoms with Gasteiger partial charge in [-0.25, -0.2) is 4.98 Å². The van der Waals surface area contributed by atoms with E-state index in [4.69, 9.17) is 4.74 Å². The SMILES string of the molecule is Cc1cccc(COc2c(Br)cc(C=Nn3c(C)nc4ccc(Br)cc4c3=O)cc2Br)c1. The molecule has 0 aliphatic carbocycles. The van der Waals surface area contributed by atoms with E-state index in [1.165, 1.54) is 10.2 Å². The molecular formula is C24H18Br3N3O2. The average Bonchev–Trinajstić information content (AvgIpc) is 2.74. The number of halogens is 3. The van der Waals surface area contributed by atoms with Gasteiger partial charge in [-0.05, 0) is 87.2 Å². The highest BCUT2D eigenvalue weighted by atomic mass is 79.9. The summed E-state index contributed by atoms with van der Waals surface area (Å²) in [7, 11) is 0. The number of rotatable bonds is 5. The summed E-state index contributed by atoms with van der Waals surface area (Å²) in [6.07, 6.45) is 1.62. The lowest BCUT2D eigenvalue weighted by Crippen LogP contribution is -2.20. The first-order valence-electron chi connectivity index (χ1n) is 9.72. The predicted molar refractivity (Wildman–Crippen MR) is 139 cm³/mol. The van der Waals surface area contributed by atoms with Crippen LogP contribution >= 0.6 is 47.8 Å². The van der Waals surface area contributed by atoms with Gasteiger partial charge in [0.1, 0.15) is 18.2 Å². The molecule has 3 aromatic carbocycles. The molecule has 0 spiro atoms. The zero-order valence-electron chi connectivity index (χ0n) is 17.3. The molecule has 0 amide bonds. The van der Waals surface area contributed by atoms with E-state index in [0.29, 0.717) is 29.1 Å². The van der Waals surface area contributed by atoms with Crippen LogP contribution in [-0.4, -0.2) is 15.9 Å². The van der Waals surface area contributed by atoms with Crippen molar-refractivity contribution in [3.8, 4) is 5.75 Å². The minimum Gasteiger partial charge on any atom is -0.487 e. The van der Waals surface area contributed by atoms with Crippen molar-refractivity contribution in [2.24, 2.45) is 5.10 Å². The maximum Gasteiger partial charge on any atom is 0.282 e. The van der Waals surface area contributed by atoms with Crippen LogP contribution in [0.25, 0.3) is 10.9 Å². The lowest BCUT2D eigenvalue weighted by atomic mass is 10.1. The molecule has 162 valence electrons. The normalized spacial score (nSPS) is 11.4. The van der Waals surface area contributed by atoms with E-state index < -0.39 is 0 Å². The first-order chi connectivity index (χ1) is 15.3. The Bertz CT molecular complexity index is 1390. The molecule has 5 nitrogen and oxygen atoms in total. The van der Waals surface area contributed by atoms with Crippen LogP contribution in [0.15, 0.2) is 77.9 Å². The monoisotopic (exact) mass is 617 g/mol. The molecule has 0 aliphatic rings. The number of hydrogen-bond donors (Lipinski definition) is 0. The van der Waals surface area contributed by atoms with Gasteiger partial charge >= 0.3 is 0 Å². The number of aromatic nitrogens is 2. The Balaban J connectivity index is 1.61. The molecule has 0 N–H and O–H groups in total. The van der Waals surface area contributed by atoms with E-state index in [2.05, 4.69) is 76.9 Å². The molecule has 1 heterocycles. The minimum absolute atomic E-state index is 0.221. The van der Waals surface area contributed by atoms with Gasteiger partial charge in [-0.3, -0.25) is 4.79 Å². The topological polar surface area (TPSA) is 56.5 Å². The molecule has 0 radical (unpaired) electrons. The van der Waals surface area contributed by atoms with Crippen molar-refractivity contribution in [2.45, 2.75) is 20.5 Å². The zero-order chi connectivity index (χ0) is 22.8. The molecule has 0 unspecified atom stereocenters. The maximum absolute atomic E-state index is 12.9. The van der Waals surface area contributed by atoms with Gasteiger partial charge in [0.05, 0.1) is 26.1 Å². The number of hydrogen-bond acceptors (Lipinski definition) is 4. The van der Waals surface area contributed by atoms with Crippen molar-refractivity contribution in [1.29, 1.82) is 0 Å². The van der Waals surface area contributed by atoms with Crippen molar-refractivity contribution >= 4 is 64.9 Å². The summed E-state index contributed by atoms with van der Waals surface area (Å²) < 4.78 is 9.70. The average molecular weight is 620 g/mol. The molecule has 0 saturated heterocycles. The molecule has 0 saturated carbocycles. The summed E-state index contributed by atoms with van der Waals surface area (Å²) in [6, 6.07) is 17.4. The van der Waals surface area contributed by atoms with Crippen molar-refractivity contribution in [3.05, 3.63) is 101 Å². The molecule has 4 rings (SSSR count). The van der Waals surface area contributed by atoms with Gasteiger partial charge in [0, 0.05) is 4.47 Å². The fourth-order valence-corrected chi connectivity index (χ4v) is 5.08. The number of nitrogens with zero attached hydrogens (tertiary/aromatic N) is 3. The fraction of sp³-hybridized carbons (Fsp3) is 0.125. The summed E-state index contributed by atoms with van der Waals surface area (Å²) in [4.78, 5) is 17.4. The third-order valence-electron chi connectivity index (χ3n) is 4.78. The lowest BCUT2D eigenvalue weighted by molar-refractivity contribution is 0.302. The Morgan fingerprint density at radius 2 is 1.78 bits per heavy atom. The predicted octanol–water partition coefficient (Wildman–Crippen LogP) is 6.76. The van der Waals surface area contributed by atoms with Crippen LogP contribution in [0.5, 0.6) is 5.75 Å². The quantitative estimate of drug-likeness (QED) is 0.232. The maximum atomic E-state index is 12.9. The second kappa shape index (κ2) is 9.68. The molecule has 0 fully saturated rings. The Kier molecular flexibility index (Phi) is 6.93. The number of fused-ring (bicyclic) bond motifs is 1. The lowest BCUT2D eigenvalue weighted by Gasteiger charge is -2.12. The molecule has 0 aliphatic heterocycles. The number of aryl methyl sites for hydroxylation is 2. The molecular weight excluding hydrogens is 602 g/mol. The van der Waals surface area contributed by atoms with Gasteiger partial charge in [-0.2, -0.15) is 9.78 Å². The second-order valence-electron chi connectivity index (χ2n) is 7.27. The van der Waals surface area contributed by atoms with Gasteiger partial charge in [-0.15, -0.1) is 0 Å². The Labute approximate surface area is 210 Å². The first kappa shape index (κ1) is 22.9. The molecule has 32 heavy (non-hydrogen) atoms. The zero-order valence-corrected chi connectivity index (χ0v) is 22.0. The van der Waals surface area contributed by atoms with Gasteiger partial charge in [-0.1, -0.05) is 45.8 Å². The largest absolute Gasteiger partial charge is 0.487 e. The van der Waals surface area contributed by atoms with Crippen LogP contribution in [-0.2, 0) is 6.61 Å². The third-order valence-corrected chi connectivity index (χ3v) is 6.45. The Morgan fingerprint density at radius 3 is 2.50 bits per heavy atom. The minimum atomic E-state index is -0.221. The molecule has 0 atom stereocenters. The van der Waals surface area contributed by atoms with Crippen LogP contribution < -0.4 is 10.3 Å². The van der Waals surface area contributed by atoms with Crippen molar-refractivity contribution in [2.75, 3.05) is 0 Å². The summed E-state index contributed by atoms with van der Waals surface area (Å²) in [6.45, 7) is 4.27. The summed E-state index contributed by atoms with van der Waals surface area (Å²) in [5, 5.41) is 4.89. The van der Waals surface area contributed by atoms with Gasteiger partial charge in [0.25, 0.3) is 5.56 Å². The van der Waals surface area contributed by atoms with Crippen molar-refractivity contribution in [3.63, 3.8) is 0 Å². The summed E-state index contributed by atoms with van der Waals surface area (Å²) in [5.74, 6) is 1.21.